The van der Waals surface area contributed by atoms with E-state index in [1.165, 1.54) is 11.1 Å². The number of aryl methyl sites for hydroxylation is 1. The van der Waals surface area contributed by atoms with Gasteiger partial charge in [0.2, 0.25) is 0 Å². The van der Waals surface area contributed by atoms with Crippen LogP contribution in [0.4, 0.5) is 0 Å². The average molecular weight is 268 g/mol. The fourth-order valence-electron chi connectivity index (χ4n) is 2.35. The zero-order valence-electron chi connectivity index (χ0n) is 12.1. The van der Waals surface area contributed by atoms with Crippen LogP contribution in [0.25, 0.3) is 0 Å². The normalized spacial score (nSPS) is 13.0. The molecule has 0 aliphatic heterocycles. The third-order valence-electron chi connectivity index (χ3n) is 3.43. The van der Waals surface area contributed by atoms with E-state index < -0.39 is 0 Å². The predicted molar refractivity (Wildman–Crippen MR) is 81.2 cm³/mol. The Morgan fingerprint density at radius 1 is 0.950 bits per heavy atom. The molecular weight excluding hydrogens is 248 g/mol. The largest absolute Gasteiger partial charge is 0.496 e. The lowest BCUT2D eigenvalue weighted by Gasteiger charge is -2.17. The summed E-state index contributed by atoms with van der Waals surface area (Å²) in [6.45, 7) is 2.08. The Bertz CT molecular complexity index is 573. The van der Waals surface area contributed by atoms with Gasteiger partial charge >= 0.3 is 0 Å². The Morgan fingerprint density at radius 2 is 1.70 bits per heavy atom. The minimum absolute atomic E-state index is 0.334. The van der Waals surface area contributed by atoms with Crippen molar-refractivity contribution >= 4 is 5.78 Å². The number of carbonyl (C=O) groups is 1. The highest BCUT2D eigenvalue weighted by molar-refractivity contribution is 5.83. The molecule has 2 aromatic rings. The number of fused-ring (bicyclic) bond motifs is 1. The number of ketones is 1. The maximum atomic E-state index is 11.2. The Labute approximate surface area is 120 Å². The lowest BCUT2D eigenvalue weighted by atomic mass is 9.90. The van der Waals surface area contributed by atoms with E-state index in [1.807, 2.05) is 36.4 Å². The van der Waals surface area contributed by atoms with Crippen molar-refractivity contribution in [2.45, 2.75) is 26.2 Å². The predicted octanol–water partition coefficient (Wildman–Crippen LogP) is 3.75. The van der Waals surface area contributed by atoms with Crippen LogP contribution in [-0.4, -0.2) is 12.9 Å². The van der Waals surface area contributed by atoms with Gasteiger partial charge in [-0.05, 0) is 30.5 Å². The monoisotopic (exact) mass is 268 g/mol. The van der Waals surface area contributed by atoms with Crippen LogP contribution < -0.4 is 4.74 Å². The van der Waals surface area contributed by atoms with Crippen molar-refractivity contribution in [3.8, 4) is 5.75 Å². The summed E-state index contributed by atoms with van der Waals surface area (Å²) in [4.78, 5) is 11.2. The van der Waals surface area contributed by atoms with Crippen LogP contribution in [0.2, 0.25) is 0 Å². The van der Waals surface area contributed by atoms with Crippen LogP contribution in [0.5, 0.6) is 5.75 Å². The van der Waals surface area contributed by atoms with Crippen molar-refractivity contribution in [1.29, 1.82) is 0 Å². The second kappa shape index (κ2) is 6.90. The zero-order chi connectivity index (χ0) is 14.4. The number of benzene rings is 2. The van der Waals surface area contributed by atoms with E-state index in [1.54, 1.807) is 7.11 Å². The molecule has 2 heteroatoms. The maximum Gasteiger partial charge on any atom is 0.137 e. The third-order valence-corrected chi connectivity index (χ3v) is 3.43. The minimum atomic E-state index is 0.334. The molecule has 3 rings (SSSR count). The molecule has 20 heavy (non-hydrogen) atoms. The molecule has 0 bridgehead atoms. The second-order valence-corrected chi connectivity index (χ2v) is 4.97. The van der Waals surface area contributed by atoms with Gasteiger partial charge in [-0.15, -0.1) is 0 Å². The summed E-state index contributed by atoms with van der Waals surface area (Å²) >= 11 is 0. The van der Waals surface area contributed by atoms with Crippen molar-refractivity contribution in [2.24, 2.45) is 0 Å². The van der Waals surface area contributed by atoms with Gasteiger partial charge in [-0.2, -0.15) is 0 Å². The summed E-state index contributed by atoms with van der Waals surface area (Å²) in [5.41, 5.74) is 3.67. The molecule has 1 aliphatic rings. The smallest absolute Gasteiger partial charge is 0.137 e. The minimum Gasteiger partial charge on any atom is -0.496 e. The number of methoxy groups -OCH3 is 1. The lowest BCUT2D eigenvalue weighted by molar-refractivity contribution is -0.118. The van der Waals surface area contributed by atoms with Crippen LogP contribution in [0, 0.1) is 6.92 Å². The van der Waals surface area contributed by atoms with E-state index in [-0.39, 0.29) is 0 Å². The lowest BCUT2D eigenvalue weighted by Crippen LogP contribution is -2.13. The molecule has 0 spiro atoms. The van der Waals surface area contributed by atoms with Crippen LogP contribution in [0.3, 0.4) is 0 Å². The van der Waals surface area contributed by atoms with E-state index >= 15 is 0 Å². The first-order valence-corrected chi connectivity index (χ1v) is 6.89. The van der Waals surface area contributed by atoms with Crippen molar-refractivity contribution in [3.63, 3.8) is 0 Å². The molecule has 104 valence electrons. The van der Waals surface area contributed by atoms with Gasteiger partial charge in [0.15, 0.2) is 0 Å². The van der Waals surface area contributed by atoms with Gasteiger partial charge in [0, 0.05) is 12.8 Å². The average Bonchev–Trinajstić information content (AvgIpc) is 2.47. The zero-order valence-corrected chi connectivity index (χ0v) is 12.1. The summed E-state index contributed by atoms with van der Waals surface area (Å²) in [6.07, 6.45) is 2.07. The summed E-state index contributed by atoms with van der Waals surface area (Å²) in [6, 6.07) is 16.2. The van der Waals surface area contributed by atoms with E-state index in [2.05, 4.69) is 19.1 Å². The number of hydrogen-bond acceptors (Lipinski definition) is 2. The van der Waals surface area contributed by atoms with Gasteiger partial charge in [0.25, 0.3) is 0 Å². The first-order chi connectivity index (χ1) is 9.70. The van der Waals surface area contributed by atoms with Crippen LogP contribution in [0.1, 0.15) is 23.1 Å². The summed E-state index contributed by atoms with van der Waals surface area (Å²) in [7, 11) is 1.67. The maximum absolute atomic E-state index is 11.2. The van der Waals surface area contributed by atoms with Crippen molar-refractivity contribution < 1.29 is 9.53 Å². The third kappa shape index (κ3) is 3.70. The highest BCUT2D eigenvalue weighted by atomic mass is 16.5. The fourth-order valence-corrected chi connectivity index (χ4v) is 2.35. The molecule has 0 N–H and O–H groups in total. The van der Waals surface area contributed by atoms with Crippen LogP contribution in [-0.2, 0) is 17.6 Å². The van der Waals surface area contributed by atoms with E-state index in [4.69, 9.17) is 4.74 Å². The first-order valence-electron chi connectivity index (χ1n) is 6.89. The SMILES string of the molecule is COc1cccc2c1CCC(=O)C2.Cc1ccccc1. The van der Waals surface area contributed by atoms with Crippen molar-refractivity contribution in [1.82, 2.24) is 0 Å². The van der Waals surface area contributed by atoms with Gasteiger partial charge < -0.3 is 4.74 Å². The Balaban J connectivity index is 0.000000178. The number of hydrogen-bond donors (Lipinski definition) is 0. The summed E-state index contributed by atoms with van der Waals surface area (Å²) < 4.78 is 5.24. The summed E-state index contributed by atoms with van der Waals surface area (Å²) in [5, 5.41) is 0. The Hall–Kier alpha value is -2.09. The number of Topliss-reactive ketones (excluding diaryl/α,β-unsaturated/α-hetero) is 1. The molecule has 2 aromatic carbocycles. The van der Waals surface area contributed by atoms with Gasteiger partial charge in [0.1, 0.15) is 11.5 Å². The Morgan fingerprint density at radius 3 is 2.30 bits per heavy atom. The Kier molecular flexibility index (Phi) is 4.94. The molecule has 2 nitrogen and oxygen atoms in total. The molecule has 0 saturated carbocycles. The van der Waals surface area contributed by atoms with Gasteiger partial charge in [-0.25, -0.2) is 0 Å². The molecule has 0 heterocycles. The highest BCUT2D eigenvalue weighted by Gasteiger charge is 2.17. The first kappa shape index (κ1) is 14.3. The molecule has 0 saturated heterocycles. The van der Waals surface area contributed by atoms with E-state index in [0.717, 1.165) is 17.7 Å². The summed E-state index contributed by atoms with van der Waals surface area (Å²) in [5.74, 6) is 1.26. The standard InChI is InChI=1S/C11H12O2.C7H8/c1-13-11-4-2-3-8-7-9(12)5-6-10(8)11;1-7-5-3-2-4-6-7/h2-4H,5-7H2,1H3;2-6H,1H3. The highest BCUT2D eigenvalue weighted by Crippen LogP contribution is 2.27. The van der Waals surface area contributed by atoms with E-state index in [9.17, 15) is 4.79 Å². The molecule has 0 unspecified atom stereocenters. The van der Waals surface area contributed by atoms with Gasteiger partial charge in [0.05, 0.1) is 7.11 Å². The molecule has 0 aromatic heterocycles. The molecule has 1 aliphatic carbocycles. The van der Waals surface area contributed by atoms with Gasteiger partial charge in [-0.1, -0.05) is 48.0 Å². The van der Waals surface area contributed by atoms with Gasteiger partial charge in [-0.3, -0.25) is 4.79 Å². The number of ether oxygens (including phenoxy) is 1. The van der Waals surface area contributed by atoms with Crippen molar-refractivity contribution in [3.05, 3.63) is 65.2 Å². The number of rotatable bonds is 1. The number of carbonyl (C=O) groups excluding carboxylic acids is 1. The quantitative estimate of drug-likeness (QED) is 0.787. The van der Waals surface area contributed by atoms with E-state index in [0.29, 0.717) is 18.6 Å². The van der Waals surface area contributed by atoms with Crippen LogP contribution in [0.15, 0.2) is 48.5 Å². The van der Waals surface area contributed by atoms with Crippen molar-refractivity contribution in [2.75, 3.05) is 7.11 Å². The second-order valence-electron chi connectivity index (χ2n) is 4.97. The molecule has 0 amide bonds. The molecule has 0 radical (unpaired) electrons. The molecular formula is C18H20O2. The van der Waals surface area contributed by atoms with Crippen LogP contribution >= 0.6 is 0 Å². The molecule has 0 fully saturated rings. The topological polar surface area (TPSA) is 26.3 Å². The molecule has 0 atom stereocenters. The fraction of sp³-hybridized carbons (Fsp3) is 0.278.